The molecule has 16 heavy (non-hydrogen) atoms. The molecule has 0 amide bonds. The summed E-state index contributed by atoms with van der Waals surface area (Å²) in [4.78, 5) is 0. The van der Waals surface area contributed by atoms with E-state index in [0.29, 0.717) is 11.8 Å². The predicted octanol–water partition coefficient (Wildman–Crippen LogP) is 4.29. The summed E-state index contributed by atoms with van der Waals surface area (Å²) in [5.74, 6) is 1.18. The van der Waals surface area contributed by atoms with Crippen molar-refractivity contribution in [3.8, 4) is 0 Å². The molecule has 2 unspecified atom stereocenters. The Morgan fingerprint density at radius 1 is 1.19 bits per heavy atom. The standard InChI is InChI=1S/C12H16N2S2/c1-9(11-7-13-16-8-11)3-4-10(2)12-5-6-15-14-12/h5-10H,3-4H2,1-2H3. The number of hydrogen-bond donors (Lipinski definition) is 0. The summed E-state index contributed by atoms with van der Waals surface area (Å²) < 4.78 is 8.54. The predicted molar refractivity (Wildman–Crippen MR) is 70.3 cm³/mol. The number of nitrogens with zero attached hydrogens (tertiary/aromatic N) is 2. The van der Waals surface area contributed by atoms with Crippen molar-refractivity contribution in [2.75, 3.05) is 0 Å². The van der Waals surface area contributed by atoms with Crippen molar-refractivity contribution in [3.63, 3.8) is 0 Å². The Morgan fingerprint density at radius 3 is 2.62 bits per heavy atom. The van der Waals surface area contributed by atoms with E-state index in [1.165, 1.54) is 35.6 Å². The number of hydrogen-bond acceptors (Lipinski definition) is 4. The highest BCUT2D eigenvalue weighted by molar-refractivity contribution is 7.03. The zero-order valence-corrected chi connectivity index (χ0v) is 11.2. The molecule has 2 rings (SSSR count). The van der Waals surface area contributed by atoms with Crippen LogP contribution < -0.4 is 0 Å². The molecule has 0 spiro atoms. The molecule has 2 atom stereocenters. The third-order valence-corrected chi connectivity index (χ3v) is 4.19. The van der Waals surface area contributed by atoms with Crippen LogP contribution in [-0.4, -0.2) is 8.75 Å². The minimum absolute atomic E-state index is 0.570. The van der Waals surface area contributed by atoms with Gasteiger partial charge in [0.05, 0.1) is 5.69 Å². The smallest absolute Gasteiger partial charge is 0.0570 e. The van der Waals surface area contributed by atoms with Gasteiger partial charge in [-0.05, 0) is 59.4 Å². The van der Waals surface area contributed by atoms with Gasteiger partial charge in [0.1, 0.15) is 0 Å². The molecular formula is C12H16N2S2. The highest BCUT2D eigenvalue weighted by Crippen LogP contribution is 2.27. The molecule has 0 saturated heterocycles. The van der Waals surface area contributed by atoms with Crippen LogP contribution in [0.2, 0.25) is 0 Å². The van der Waals surface area contributed by atoms with E-state index in [2.05, 4.69) is 39.4 Å². The zero-order chi connectivity index (χ0) is 11.4. The first-order valence-corrected chi connectivity index (χ1v) is 7.24. The maximum Gasteiger partial charge on any atom is 0.0570 e. The lowest BCUT2D eigenvalue weighted by Gasteiger charge is -2.12. The monoisotopic (exact) mass is 252 g/mol. The van der Waals surface area contributed by atoms with Crippen LogP contribution in [0.4, 0.5) is 0 Å². The van der Waals surface area contributed by atoms with Crippen LogP contribution in [0.3, 0.4) is 0 Å². The van der Waals surface area contributed by atoms with E-state index in [4.69, 9.17) is 0 Å². The molecule has 0 aliphatic rings. The molecule has 0 radical (unpaired) electrons. The topological polar surface area (TPSA) is 25.8 Å². The van der Waals surface area contributed by atoms with Gasteiger partial charge in [-0.15, -0.1) is 0 Å². The zero-order valence-electron chi connectivity index (χ0n) is 9.59. The molecule has 0 saturated carbocycles. The molecular weight excluding hydrogens is 236 g/mol. The van der Waals surface area contributed by atoms with Crippen LogP contribution in [-0.2, 0) is 0 Å². The van der Waals surface area contributed by atoms with Crippen molar-refractivity contribution >= 4 is 23.1 Å². The van der Waals surface area contributed by atoms with Gasteiger partial charge in [0.15, 0.2) is 0 Å². The lowest BCUT2D eigenvalue weighted by molar-refractivity contribution is 0.568. The van der Waals surface area contributed by atoms with Crippen LogP contribution in [0.15, 0.2) is 23.0 Å². The lowest BCUT2D eigenvalue weighted by atomic mass is 9.93. The van der Waals surface area contributed by atoms with E-state index in [0.717, 1.165) is 0 Å². The quantitative estimate of drug-likeness (QED) is 0.793. The van der Waals surface area contributed by atoms with Crippen LogP contribution in [0, 0.1) is 0 Å². The average Bonchev–Trinajstić information content (AvgIpc) is 2.95. The van der Waals surface area contributed by atoms with Gasteiger partial charge in [0.25, 0.3) is 0 Å². The fourth-order valence-corrected chi connectivity index (χ4v) is 3.03. The van der Waals surface area contributed by atoms with Crippen molar-refractivity contribution in [1.82, 2.24) is 8.75 Å². The van der Waals surface area contributed by atoms with Crippen molar-refractivity contribution in [1.29, 1.82) is 0 Å². The summed E-state index contributed by atoms with van der Waals surface area (Å²) in [6, 6.07) is 2.13. The van der Waals surface area contributed by atoms with E-state index in [9.17, 15) is 0 Å². The van der Waals surface area contributed by atoms with Crippen molar-refractivity contribution in [3.05, 3.63) is 34.3 Å². The lowest BCUT2D eigenvalue weighted by Crippen LogP contribution is -1.98. The van der Waals surface area contributed by atoms with Gasteiger partial charge in [-0.3, -0.25) is 0 Å². The molecule has 0 N–H and O–H groups in total. The normalized spacial score (nSPS) is 14.9. The molecule has 2 aromatic rings. The first kappa shape index (κ1) is 11.7. The fourth-order valence-electron chi connectivity index (χ4n) is 1.75. The summed E-state index contributed by atoms with van der Waals surface area (Å²) in [7, 11) is 0. The average molecular weight is 252 g/mol. The second-order valence-corrected chi connectivity index (χ2v) is 5.58. The Hall–Kier alpha value is -0.740. The highest BCUT2D eigenvalue weighted by Gasteiger charge is 2.12. The SMILES string of the molecule is CC(CCC(C)c1ccsn1)c1cnsc1. The van der Waals surface area contributed by atoms with E-state index < -0.39 is 0 Å². The minimum Gasteiger partial charge on any atom is -0.201 e. The number of aromatic nitrogens is 2. The molecule has 0 aromatic carbocycles. The molecule has 2 aromatic heterocycles. The van der Waals surface area contributed by atoms with Crippen LogP contribution in [0.1, 0.15) is 49.8 Å². The van der Waals surface area contributed by atoms with Gasteiger partial charge in [0.2, 0.25) is 0 Å². The molecule has 4 heteroatoms. The summed E-state index contributed by atoms with van der Waals surface area (Å²) in [5.41, 5.74) is 2.61. The number of rotatable bonds is 5. The van der Waals surface area contributed by atoms with E-state index in [1.54, 1.807) is 11.5 Å². The minimum atomic E-state index is 0.570. The van der Waals surface area contributed by atoms with Crippen LogP contribution >= 0.6 is 23.1 Å². The van der Waals surface area contributed by atoms with Gasteiger partial charge in [0, 0.05) is 17.0 Å². The molecule has 2 heterocycles. The van der Waals surface area contributed by atoms with Gasteiger partial charge in [-0.1, -0.05) is 13.8 Å². The Kier molecular flexibility index (Phi) is 4.07. The van der Waals surface area contributed by atoms with Crippen LogP contribution in [0.25, 0.3) is 0 Å². The molecule has 0 bridgehead atoms. The van der Waals surface area contributed by atoms with Crippen molar-refractivity contribution in [2.45, 2.75) is 38.5 Å². The Labute approximate surface area is 105 Å². The largest absolute Gasteiger partial charge is 0.201 e. The first-order valence-electron chi connectivity index (χ1n) is 5.57. The summed E-state index contributed by atoms with van der Waals surface area (Å²) in [6.07, 6.45) is 4.39. The van der Waals surface area contributed by atoms with Crippen LogP contribution in [0.5, 0.6) is 0 Å². The van der Waals surface area contributed by atoms with Gasteiger partial charge < -0.3 is 0 Å². The summed E-state index contributed by atoms with van der Waals surface area (Å²) in [5, 5.41) is 4.20. The molecule has 2 nitrogen and oxygen atoms in total. The Bertz CT molecular complexity index is 354. The van der Waals surface area contributed by atoms with Crippen molar-refractivity contribution < 1.29 is 0 Å². The van der Waals surface area contributed by atoms with Gasteiger partial charge >= 0.3 is 0 Å². The molecule has 0 aliphatic carbocycles. The van der Waals surface area contributed by atoms with E-state index >= 15 is 0 Å². The fraction of sp³-hybridized carbons (Fsp3) is 0.500. The Balaban J connectivity index is 1.84. The molecule has 0 fully saturated rings. The maximum absolute atomic E-state index is 4.39. The van der Waals surface area contributed by atoms with Crippen molar-refractivity contribution in [2.24, 2.45) is 0 Å². The first-order chi connectivity index (χ1) is 7.77. The second kappa shape index (κ2) is 5.55. The van der Waals surface area contributed by atoms with Gasteiger partial charge in [-0.25, -0.2) is 4.37 Å². The van der Waals surface area contributed by atoms with Gasteiger partial charge in [-0.2, -0.15) is 4.37 Å². The summed E-state index contributed by atoms with van der Waals surface area (Å²) in [6.45, 7) is 4.53. The van der Waals surface area contributed by atoms with E-state index in [1.807, 2.05) is 6.20 Å². The maximum atomic E-state index is 4.39. The third-order valence-electron chi connectivity index (χ3n) is 3.02. The molecule has 86 valence electrons. The van der Waals surface area contributed by atoms with E-state index in [-0.39, 0.29) is 0 Å². The molecule has 0 aliphatic heterocycles. The second-order valence-electron chi connectivity index (χ2n) is 4.26. The highest BCUT2D eigenvalue weighted by atomic mass is 32.1. The Morgan fingerprint density at radius 2 is 2.00 bits per heavy atom. The summed E-state index contributed by atoms with van der Waals surface area (Å²) >= 11 is 3.08. The third kappa shape index (κ3) is 2.89.